The number of ketones is 1. The molecule has 0 radical (unpaired) electrons. The molecule has 0 saturated heterocycles. The molecule has 2 nitrogen and oxygen atoms in total. The lowest BCUT2D eigenvalue weighted by atomic mass is 9.80. The average Bonchev–Trinajstić information content (AvgIpc) is 2.01. The van der Waals surface area contributed by atoms with Crippen LogP contribution in [0.3, 0.4) is 0 Å². The molecule has 0 saturated carbocycles. The molecular formula is C11H23NO. The van der Waals surface area contributed by atoms with Gasteiger partial charge in [0.2, 0.25) is 0 Å². The van der Waals surface area contributed by atoms with Gasteiger partial charge in [0.15, 0.2) is 5.78 Å². The van der Waals surface area contributed by atoms with Crippen LogP contribution in [0.25, 0.3) is 0 Å². The van der Waals surface area contributed by atoms with E-state index in [1.807, 2.05) is 20.8 Å². The molecule has 0 aliphatic carbocycles. The number of rotatable bonds is 5. The maximum atomic E-state index is 11.8. The van der Waals surface area contributed by atoms with E-state index in [1.54, 1.807) is 0 Å². The molecule has 13 heavy (non-hydrogen) atoms. The fourth-order valence-electron chi connectivity index (χ4n) is 1.72. The Kier molecular flexibility index (Phi) is 4.62. The molecule has 0 aliphatic rings. The number of hydrogen-bond donors (Lipinski definition) is 1. The molecule has 0 aromatic rings. The molecule has 0 rings (SSSR count). The van der Waals surface area contributed by atoms with E-state index in [0.29, 0.717) is 5.92 Å². The van der Waals surface area contributed by atoms with Crippen LogP contribution in [0, 0.1) is 11.8 Å². The molecular weight excluding hydrogens is 162 g/mol. The lowest BCUT2D eigenvalue weighted by molar-refractivity contribution is -0.127. The monoisotopic (exact) mass is 185 g/mol. The van der Waals surface area contributed by atoms with Crippen molar-refractivity contribution in [3.8, 4) is 0 Å². The second-order valence-corrected chi connectivity index (χ2v) is 4.63. The Hall–Kier alpha value is -0.370. The fourth-order valence-corrected chi connectivity index (χ4v) is 1.72. The van der Waals surface area contributed by atoms with E-state index in [4.69, 9.17) is 5.73 Å². The Morgan fingerprint density at radius 2 is 1.77 bits per heavy atom. The third kappa shape index (κ3) is 3.47. The minimum Gasteiger partial charge on any atom is -0.319 e. The van der Waals surface area contributed by atoms with Gasteiger partial charge in [0.1, 0.15) is 0 Å². The first-order chi connectivity index (χ1) is 5.83. The van der Waals surface area contributed by atoms with Crippen molar-refractivity contribution >= 4 is 5.78 Å². The average molecular weight is 185 g/mol. The Bertz CT molecular complexity index is 175. The van der Waals surface area contributed by atoms with Crippen LogP contribution in [0.5, 0.6) is 0 Å². The third-order valence-electron chi connectivity index (χ3n) is 2.42. The Morgan fingerprint density at radius 3 is 2.00 bits per heavy atom. The van der Waals surface area contributed by atoms with Gasteiger partial charge in [0.05, 0.1) is 5.54 Å². The van der Waals surface area contributed by atoms with Crippen molar-refractivity contribution in [2.75, 3.05) is 0 Å². The summed E-state index contributed by atoms with van der Waals surface area (Å²) in [5, 5.41) is 0. The highest BCUT2D eigenvalue weighted by molar-refractivity contribution is 5.89. The maximum Gasteiger partial charge on any atom is 0.155 e. The summed E-state index contributed by atoms with van der Waals surface area (Å²) in [5.41, 5.74) is 5.50. The van der Waals surface area contributed by atoms with E-state index in [2.05, 4.69) is 13.8 Å². The van der Waals surface area contributed by atoms with E-state index < -0.39 is 5.54 Å². The van der Waals surface area contributed by atoms with Crippen LogP contribution in [-0.2, 0) is 4.79 Å². The molecule has 0 heterocycles. The van der Waals surface area contributed by atoms with E-state index in [-0.39, 0.29) is 11.7 Å². The summed E-state index contributed by atoms with van der Waals surface area (Å²) in [4.78, 5) is 11.8. The second-order valence-electron chi connectivity index (χ2n) is 4.63. The van der Waals surface area contributed by atoms with Gasteiger partial charge in [-0.15, -0.1) is 0 Å². The number of nitrogens with two attached hydrogens (primary N) is 1. The summed E-state index contributed by atoms with van der Waals surface area (Å²) >= 11 is 0. The first kappa shape index (κ1) is 12.6. The van der Waals surface area contributed by atoms with Crippen molar-refractivity contribution in [3.63, 3.8) is 0 Å². The van der Waals surface area contributed by atoms with Gasteiger partial charge in [-0.3, -0.25) is 4.79 Å². The maximum absolute atomic E-state index is 11.8. The third-order valence-corrected chi connectivity index (χ3v) is 2.42. The minimum absolute atomic E-state index is 0.0451. The van der Waals surface area contributed by atoms with Gasteiger partial charge in [-0.05, 0) is 18.8 Å². The molecule has 1 unspecified atom stereocenters. The van der Waals surface area contributed by atoms with E-state index >= 15 is 0 Å². The highest BCUT2D eigenvalue weighted by Crippen LogP contribution is 2.22. The van der Waals surface area contributed by atoms with E-state index in [1.165, 1.54) is 0 Å². The van der Waals surface area contributed by atoms with Gasteiger partial charge in [0.25, 0.3) is 0 Å². The summed E-state index contributed by atoms with van der Waals surface area (Å²) in [6.07, 6.45) is 1.53. The number of hydrogen-bond acceptors (Lipinski definition) is 2. The van der Waals surface area contributed by atoms with Crippen LogP contribution < -0.4 is 5.73 Å². The number of carbonyl (C=O) groups is 1. The number of carbonyl (C=O) groups excluding carboxylic acids is 1. The number of Topliss-reactive ketones (excluding diaryl/α,β-unsaturated/α-hetero) is 1. The molecule has 1 atom stereocenters. The quantitative estimate of drug-likeness (QED) is 0.714. The van der Waals surface area contributed by atoms with Gasteiger partial charge in [-0.25, -0.2) is 0 Å². The molecule has 0 fully saturated rings. The predicted octanol–water partition coefficient (Wildman–Crippen LogP) is 2.37. The van der Waals surface area contributed by atoms with Crippen LogP contribution in [0.15, 0.2) is 0 Å². The summed E-state index contributed by atoms with van der Waals surface area (Å²) in [5.74, 6) is 0.722. The Balaban J connectivity index is 4.52. The molecule has 0 aromatic heterocycles. The van der Waals surface area contributed by atoms with Gasteiger partial charge in [-0.2, -0.15) is 0 Å². The predicted molar refractivity (Wildman–Crippen MR) is 56.5 cm³/mol. The smallest absolute Gasteiger partial charge is 0.155 e. The summed E-state index contributed by atoms with van der Waals surface area (Å²) in [6.45, 7) is 10.0. The van der Waals surface area contributed by atoms with Gasteiger partial charge >= 0.3 is 0 Å². The highest BCUT2D eigenvalue weighted by atomic mass is 16.1. The van der Waals surface area contributed by atoms with Crippen molar-refractivity contribution in [1.82, 2.24) is 0 Å². The molecule has 2 heteroatoms. The van der Waals surface area contributed by atoms with Gasteiger partial charge in [0, 0.05) is 5.92 Å². The van der Waals surface area contributed by atoms with Crippen molar-refractivity contribution in [1.29, 1.82) is 0 Å². The zero-order valence-electron chi connectivity index (χ0n) is 9.55. The van der Waals surface area contributed by atoms with Gasteiger partial charge in [-0.1, -0.05) is 34.6 Å². The Morgan fingerprint density at radius 1 is 1.31 bits per heavy atom. The van der Waals surface area contributed by atoms with Crippen LogP contribution in [0.2, 0.25) is 0 Å². The molecule has 2 N–H and O–H groups in total. The summed E-state index contributed by atoms with van der Waals surface area (Å²) in [7, 11) is 0. The minimum atomic E-state index is -0.595. The summed E-state index contributed by atoms with van der Waals surface area (Å²) in [6, 6.07) is 0. The second kappa shape index (κ2) is 4.75. The SMILES string of the molecule is CCC(N)(CC(C)C)C(=O)C(C)C. The first-order valence-electron chi connectivity index (χ1n) is 5.16. The zero-order chi connectivity index (χ0) is 10.6. The topological polar surface area (TPSA) is 43.1 Å². The van der Waals surface area contributed by atoms with Crippen LogP contribution >= 0.6 is 0 Å². The molecule has 0 aromatic carbocycles. The lowest BCUT2D eigenvalue weighted by Gasteiger charge is -2.30. The molecule has 0 spiro atoms. The lowest BCUT2D eigenvalue weighted by Crippen LogP contribution is -2.50. The molecule has 78 valence electrons. The highest BCUT2D eigenvalue weighted by Gasteiger charge is 2.33. The zero-order valence-corrected chi connectivity index (χ0v) is 9.55. The molecule has 0 aliphatic heterocycles. The van der Waals surface area contributed by atoms with E-state index in [0.717, 1.165) is 12.8 Å². The molecule has 0 bridgehead atoms. The standard InChI is InChI=1S/C11H23NO/c1-6-11(12,7-8(2)3)10(13)9(4)5/h8-9H,6-7,12H2,1-5H3. The van der Waals surface area contributed by atoms with E-state index in [9.17, 15) is 4.79 Å². The van der Waals surface area contributed by atoms with Gasteiger partial charge < -0.3 is 5.73 Å². The van der Waals surface area contributed by atoms with Crippen molar-refractivity contribution in [2.45, 2.75) is 53.0 Å². The van der Waals surface area contributed by atoms with Crippen LogP contribution in [-0.4, -0.2) is 11.3 Å². The fraction of sp³-hybridized carbons (Fsp3) is 0.909. The van der Waals surface area contributed by atoms with Crippen molar-refractivity contribution in [2.24, 2.45) is 17.6 Å². The Labute approximate surface area is 81.9 Å². The van der Waals surface area contributed by atoms with Crippen LogP contribution in [0.1, 0.15) is 47.5 Å². The molecule has 0 amide bonds. The van der Waals surface area contributed by atoms with Crippen molar-refractivity contribution < 1.29 is 4.79 Å². The van der Waals surface area contributed by atoms with Crippen LogP contribution in [0.4, 0.5) is 0 Å². The van der Waals surface area contributed by atoms with Crippen molar-refractivity contribution in [3.05, 3.63) is 0 Å². The normalized spacial score (nSPS) is 16.3. The first-order valence-corrected chi connectivity index (χ1v) is 5.16. The largest absolute Gasteiger partial charge is 0.319 e. The summed E-state index contributed by atoms with van der Waals surface area (Å²) < 4.78 is 0.